The first-order chi connectivity index (χ1) is 21.2. The highest BCUT2D eigenvalue weighted by Crippen LogP contribution is 2.27. The maximum absolute atomic E-state index is 14.2. The number of carbonyl (C=O) groups excluding carboxylic acids is 4. The Hall–Kier alpha value is -2.46. The third-order valence-corrected chi connectivity index (χ3v) is 9.45. The lowest BCUT2D eigenvalue weighted by Crippen LogP contribution is -2.60. The van der Waals surface area contributed by atoms with Gasteiger partial charge in [0.1, 0.15) is 12.1 Å². The van der Waals surface area contributed by atoms with Crippen molar-refractivity contribution in [1.82, 2.24) is 30.2 Å². The second-order valence-corrected chi connectivity index (χ2v) is 16.5. The number of rotatable bonds is 13. The van der Waals surface area contributed by atoms with Gasteiger partial charge >= 0.3 is 0 Å². The van der Waals surface area contributed by atoms with E-state index >= 15 is 0 Å². The third kappa shape index (κ3) is 10.8. The largest absolute Gasteiger partial charge is 0.354 e. The van der Waals surface area contributed by atoms with E-state index in [1.165, 1.54) is 0 Å². The Morgan fingerprint density at radius 2 is 1.48 bits per heavy atom. The number of likely N-dealkylation sites (tertiary alicyclic amines) is 2. The summed E-state index contributed by atoms with van der Waals surface area (Å²) in [6.07, 6.45) is 6.12. The molecule has 46 heavy (non-hydrogen) atoms. The van der Waals surface area contributed by atoms with E-state index in [2.05, 4.69) is 48.1 Å². The van der Waals surface area contributed by atoms with Crippen LogP contribution in [0.2, 0.25) is 0 Å². The van der Waals surface area contributed by atoms with E-state index in [4.69, 9.17) is 0 Å². The standard InChI is InChI=1S/C36H66N6O4/c1-24(2)29(21-26(5)33(45)42-20-16-18-27(42)31(43)37-22-36(9,10)23-39(11)12)40(13)34(46)30(35(6,7)8)38-32(44)28-17-14-15-19-41(28)25(3)4/h21,24-25,27-30H,14-20,22-23H2,1-13H3,(H,37,43)(H,38,44)/t27-,28?,29+,30+/m0/s1. The minimum Gasteiger partial charge on any atom is -0.354 e. The first kappa shape index (κ1) is 39.7. The molecular weight excluding hydrogens is 580 g/mol. The van der Waals surface area contributed by atoms with Gasteiger partial charge in [-0.25, -0.2) is 0 Å². The SMILES string of the molecule is CC(=C[C@H](C(C)C)N(C)C(=O)[C@@H](NC(=O)C1CCCCN1C(C)C)C(C)(C)C)C(=O)N1CCC[C@H]1C(=O)NCC(C)(C)CN(C)C. The predicted octanol–water partition coefficient (Wildman–Crippen LogP) is 3.90. The predicted molar refractivity (Wildman–Crippen MR) is 186 cm³/mol. The van der Waals surface area contributed by atoms with Crippen LogP contribution in [0.15, 0.2) is 11.6 Å². The first-order valence-corrected chi connectivity index (χ1v) is 17.4. The summed E-state index contributed by atoms with van der Waals surface area (Å²) in [5, 5.41) is 6.23. The molecule has 0 bridgehead atoms. The molecule has 2 fully saturated rings. The van der Waals surface area contributed by atoms with Gasteiger partial charge in [0.2, 0.25) is 23.6 Å². The maximum atomic E-state index is 14.2. The Balaban J connectivity index is 2.22. The average molecular weight is 647 g/mol. The molecule has 2 rings (SSSR count). The molecule has 2 aliphatic rings. The van der Waals surface area contributed by atoms with Gasteiger partial charge < -0.3 is 25.3 Å². The Morgan fingerprint density at radius 3 is 2.02 bits per heavy atom. The zero-order valence-electron chi connectivity index (χ0n) is 31.3. The van der Waals surface area contributed by atoms with Gasteiger partial charge in [-0.15, -0.1) is 0 Å². The number of hydrogen-bond donors (Lipinski definition) is 2. The van der Waals surface area contributed by atoms with Crippen molar-refractivity contribution in [3.8, 4) is 0 Å². The van der Waals surface area contributed by atoms with Crippen molar-refractivity contribution in [2.24, 2.45) is 16.7 Å². The lowest BCUT2D eigenvalue weighted by atomic mass is 9.84. The van der Waals surface area contributed by atoms with Crippen molar-refractivity contribution in [1.29, 1.82) is 0 Å². The quantitative estimate of drug-likeness (QED) is 0.294. The van der Waals surface area contributed by atoms with Crippen LogP contribution in [-0.4, -0.2) is 121 Å². The molecule has 2 saturated heterocycles. The van der Waals surface area contributed by atoms with Gasteiger partial charge in [0.05, 0.1) is 12.1 Å². The van der Waals surface area contributed by atoms with Crippen LogP contribution in [-0.2, 0) is 19.2 Å². The zero-order valence-corrected chi connectivity index (χ0v) is 31.3. The van der Waals surface area contributed by atoms with Crippen molar-refractivity contribution in [2.45, 2.75) is 132 Å². The first-order valence-electron chi connectivity index (χ1n) is 17.4. The Bertz CT molecular complexity index is 1090. The molecule has 10 nitrogen and oxygen atoms in total. The monoisotopic (exact) mass is 647 g/mol. The topological polar surface area (TPSA) is 105 Å². The second-order valence-electron chi connectivity index (χ2n) is 16.5. The van der Waals surface area contributed by atoms with Crippen LogP contribution < -0.4 is 10.6 Å². The van der Waals surface area contributed by atoms with E-state index in [9.17, 15) is 19.2 Å². The van der Waals surface area contributed by atoms with Crippen LogP contribution in [0, 0.1) is 16.7 Å². The van der Waals surface area contributed by atoms with Crippen molar-refractivity contribution in [3.63, 3.8) is 0 Å². The van der Waals surface area contributed by atoms with Crippen LogP contribution in [0.4, 0.5) is 0 Å². The lowest BCUT2D eigenvalue weighted by molar-refractivity contribution is -0.142. The highest BCUT2D eigenvalue weighted by molar-refractivity contribution is 5.97. The summed E-state index contributed by atoms with van der Waals surface area (Å²) in [5.74, 6) is -0.554. The molecule has 0 aromatic heterocycles. The van der Waals surface area contributed by atoms with E-state index in [1.807, 2.05) is 54.8 Å². The van der Waals surface area contributed by atoms with Crippen LogP contribution in [0.1, 0.15) is 101 Å². The molecule has 264 valence electrons. The molecule has 2 aliphatic heterocycles. The van der Waals surface area contributed by atoms with E-state index in [0.29, 0.717) is 25.1 Å². The summed E-state index contributed by atoms with van der Waals surface area (Å²) in [7, 11) is 5.79. The van der Waals surface area contributed by atoms with Crippen LogP contribution in [0.25, 0.3) is 0 Å². The average Bonchev–Trinajstić information content (AvgIpc) is 3.44. The Kier molecular flexibility index (Phi) is 14.3. The summed E-state index contributed by atoms with van der Waals surface area (Å²) < 4.78 is 0. The van der Waals surface area contributed by atoms with Crippen molar-refractivity contribution >= 4 is 23.6 Å². The van der Waals surface area contributed by atoms with Gasteiger partial charge in [0.15, 0.2) is 0 Å². The van der Waals surface area contributed by atoms with Gasteiger partial charge in [0, 0.05) is 38.3 Å². The molecule has 0 aromatic carbocycles. The fourth-order valence-corrected chi connectivity index (χ4v) is 7.04. The molecule has 1 unspecified atom stereocenters. The van der Waals surface area contributed by atoms with E-state index in [-0.39, 0.29) is 53.1 Å². The molecule has 10 heteroatoms. The van der Waals surface area contributed by atoms with Crippen molar-refractivity contribution in [3.05, 3.63) is 11.6 Å². The minimum absolute atomic E-state index is 0.0133. The lowest BCUT2D eigenvalue weighted by Gasteiger charge is -2.41. The molecule has 0 spiro atoms. The molecule has 0 radical (unpaired) electrons. The summed E-state index contributed by atoms with van der Waals surface area (Å²) in [5.41, 5.74) is -0.110. The zero-order chi connectivity index (χ0) is 35.1. The van der Waals surface area contributed by atoms with E-state index in [1.54, 1.807) is 23.8 Å². The van der Waals surface area contributed by atoms with Gasteiger partial charge in [0.25, 0.3) is 0 Å². The second kappa shape index (κ2) is 16.6. The van der Waals surface area contributed by atoms with E-state index in [0.717, 1.165) is 38.8 Å². The van der Waals surface area contributed by atoms with Crippen molar-refractivity contribution < 1.29 is 19.2 Å². The number of likely N-dealkylation sites (N-methyl/N-ethyl adjacent to an activating group) is 1. The molecule has 4 atom stereocenters. The molecule has 0 aliphatic carbocycles. The third-order valence-electron chi connectivity index (χ3n) is 9.45. The van der Waals surface area contributed by atoms with Crippen LogP contribution in [0.3, 0.4) is 0 Å². The highest BCUT2D eigenvalue weighted by Gasteiger charge is 2.40. The Morgan fingerprint density at radius 1 is 0.870 bits per heavy atom. The summed E-state index contributed by atoms with van der Waals surface area (Å²) in [6.45, 7) is 23.0. The number of piperidine rings is 1. The molecule has 4 amide bonds. The van der Waals surface area contributed by atoms with Gasteiger partial charge in [-0.1, -0.05) is 61.0 Å². The molecule has 2 N–H and O–H groups in total. The van der Waals surface area contributed by atoms with Crippen LogP contribution in [0.5, 0.6) is 0 Å². The Labute approximate surface area is 280 Å². The smallest absolute Gasteiger partial charge is 0.249 e. The number of hydrogen-bond acceptors (Lipinski definition) is 6. The number of nitrogens with one attached hydrogen (secondary N) is 2. The van der Waals surface area contributed by atoms with Crippen molar-refractivity contribution in [2.75, 3.05) is 47.3 Å². The summed E-state index contributed by atoms with van der Waals surface area (Å²) >= 11 is 0. The normalized spacial score (nSPS) is 21.5. The maximum Gasteiger partial charge on any atom is 0.249 e. The fraction of sp³-hybridized carbons (Fsp3) is 0.833. The van der Waals surface area contributed by atoms with Gasteiger partial charge in [-0.05, 0) is 83.8 Å². The van der Waals surface area contributed by atoms with Gasteiger partial charge in [-0.3, -0.25) is 24.1 Å². The minimum atomic E-state index is -0.727. The number of amides is 4. The summed E-state index contributed by atoms with van der Waals surface area (Å²) in [4.78, 5) is 62.5. The molecular formula is C36H66N6O4. The fourth-order valence-electron chi connectivity index (χ4n) is 7.04. The number of carbonyl (C=O) groups is 4. The van der Waals surface area contributed by atoms with E-state index < -0.39 is 17.5 Å². The molecule has 2 heterocycles. The van der Waals surface area contributed by atoms with Crippen LogP contribution >= 0.6 is 0 Å². The molecule has 0 saturated carbocycles. The summed E-state index contributed by atoms with van der Waals surface area (Å²) in [6, 6.07) is -1.61. The number of nitrogens with zero attached hydrogens (tertiary/aromatic N) is 4. The van der Waals surface area contributed by atoms with Gasteiger partial charge in [-0.2, -0.15) is 0 Å². The highest BCUT2D eigenvalue weighted by atomic mass is 16.2. The molecule has 0 aromatic rings.